The average molecular weight is 240 g/mol. The lowest BCUT2D eigenvalue weighted by atomic mass is 10.7. The molecular formula is C10H24O6. The third kappa shape index (κ3) is 23.5. The Hall–Kier alpha value is -0.240. The first kappa shape index (κ1) is 18.1. The summed E-state index contributed by atoms with van der Waals surface area (Å²) in [6, 6.07) is 0. The normalized spacial score (nSPS) is 9.75. The highest BCUT2D eigenvalue weighted by atomic mass is 16.5. The van der Waals surface area contributed by atoms with Gasteiger partial charge in [0.25, 0.3) is 0 Å². The van der Waals surface area contributed by atoms with Crippen LogP contribution in [0.5, 0.6) is 0 Å². The van der Waals surface area contributed by atoms with Crippen molar-refractivity contribution in [1.29, 1.82) is 0 Å². The van der Waals surface area contributed by atoms with Gasteiger partial charge in [0.05, 0.1) is 52.9 Å². The van der Waals surface area contributed by atoms with E-state index < -0.39 is 0 Å². The van der Waals surface area contributed by atoms with Crippen molar-refractivity contribution in [3.05, 3.63) is 0 Å². The van der Waals surface area contributed by atoms with Gasteiger partial charge in [-0.05, 0) is 0 Å². The number of hydrogen-bond acceptors (Lipinski definition) is 6. The molecule has 0 aliphatic heterocycles. The van der Waals surface area contributed by atoms with E-state index >= 15 is 0 Å². The maximum absolute atomic E-state index is 8.20. The van der Waals surface area contributed by atoms with Crippen LogP contribution < -0.4 is 0 Å². The summed E-state index contributed by atoms with van der Waals surface area (Å²) in [5.41, 5.74) is 0. The molecule has 2 N–H and O–H groups in total. The van der Waals surface area contributed by atoms with Crippen molar-refractivity contribution in [1.82, 2.24) is 0 Å². The molecule has 0 aliphatic rings. The van der Waals surface area contributed by atoms with Crippen LogP contribution in [0, 0.1) is 0 Å². The molecule has 0 rings (SSSR count). The van der Waals surface area contributed by atoms with E-state index in [9.17, 15) is 0 Å². The van der Waals surface area contributed by atoms with Gasteiger partial charge in [0.2, 0.25) is 0 Å². The minimum Gasteiger partial charge on any atom is -0.394 e. The zero-order chi connectivity index (χ0) is 12.5. The number of methoxy groups -OCH3 is 2. The highest BCUT2D eigenvalue weighted by molar-refractivity contribution is 4.26. The first-order chi connectivity index (χ1) is 7.83. The van der Waals surface area contributed by atoms with Gasteiger partial charge in [0.1, 0.15) is 0 Å². The van der Waals surface area contributed by atoms with Crippen LogP contribution in [-0.2, 0) is 18.9 Å². The molecule has 0 aromatic rings. The van der Waals surface area contributed by atoms with Crippen molar-refractivity contribution in [2.45, 2.75) is 0 Å². The molecule has 0 aromatic heterocycles. The first-order valence-corrected chi connectivity index (χ1v) is 5.18. The number of rotatable bonds is 10. The lowest BCUT2D eigenvalue weighted by Crippen LogP contribution is -2.05. The van der Waals surface area contributed by atoms with Crippen LogP contribution in [0.15, 0.2) is 0 Å². The summed E-state index contributed by atoms with van der Waals surface area (Å²) in [7, 11) is 3.23. The van der Waals surface area contributed by atoms with Crippen LogP contribution in [0.2, 0.25) is 0 Å². The van der Waals surface area contributed by atoms with Gasteiger partial charge in [-0.15, -0.1) is 0 Å². The Kier molecular flexibility index (Phi) is 22.9. The highest BCUT2D eigenvalue weighted by Crippen LogP contribution is 1.73. The minimum absolute atomic E-state index is 0.0870. The Morgan fingerprint density at radius 3 is 1.25 bits per heavy atom. The maximum atomic E-state index is 8.20. The fourth-order valence-electron chi connectivity index (χ4n) is 0.618. The SMILES string of the molecule is COCCOCCO.COCCOCCO. The maximum Gasteiger partial charge on any atom is 0.0701 e. The van der Waals surface area contributed by atoms with Crippen LogP contribution in [0.3, 0.4) is 0 Å². The van der Waals surface area contributed by atoms with Gasteiger partial charge in [-0.2, -0.15) is 0 Å². The van der Waals surface area contributed by atoms with Gasteiger partial charge in [0.15, 0.2) is 0 Å². The van der Waals surface area contributed by atoms with Gasteiger partial charge in [-0.3, -0.25) is 0 Å². The average Bonchev–Trinajstić information content (AvgIpc) is 2.31. The van der Waals surface area contributed by atoms with Crippen LogP contribution in [0.25, 0.3) is 0 Å². The second-order valence-electron chi connectivity index (χ2n) is 2.66. The summed E-state index contributed by atoms with van der Waals surface area (Å²) in [6.07, 6.45) is 0. The van der Waals surface area contributed by atoms with E-state index in [1.54, 1.807) is 14.2 Å². The molecule has 100 valence electrons. The Bertz CT molecular complexity index is 77.3. The van der Waals surface area contributed by atoms with Crippen molar-refractivity contribution in [2.75, 3.05) is 67.1 Å². The molecule has 16 heavy (non-hydrogen) atoms. The van der Waals surface area contributed by atoms with Crippen molar-refractivity contribution >= 4 is 0 Å². The molecule has 0 saturated heterocycles. The van der Waals surface area contributed by atoms with Crippen LogP contribution >= 0.6 is 0 Å². The molecular weight excluding hydrogens is 216 g/mol. The van der Waals surface area contributed by atoms with Crippen molar-refractivity contribution in [3.8, 4) is 0 Å². The zero-order valence-electron chi connectivity index (χ0n) is 10.2. The minimum atomic E-state index is 0.0870. The first-order valence-electron chi connectivity index (χ1n) is 5.18. The summed E-state index contributed by atoms with van der Waals surface area (Å²) in [5, 5.41) is 16.4. The molecule has 0 heterocycles. The highest BCUT2D eigenvalue weighted by Gasteiger charge is 1.83. The van der Waals surface area contributed by atoms with Gasteiger partial charge < -0.3 is 29.2 Å². The Morgan fingerprint density at radius 2 is 1.00 bits per heavy atom. The Labute approximate surface area is 97.1 Å². The summed E-state index contributed by atoms with van der Waals surface area (Å²) in [6.45, 7) is 3.31. The summed E-state index contributed by atoms with van der Waals surface area (Å²) in [4.78, 5) is 0. The van der Waals surface area contributed by atoms with Gasteiger partial charge in [0, 0.05) is 14.2 Å². The molecule has 0 amide bonds. The van der Waals surface area contributed by atoms with Crippen LogP contribution in [0.1, 0.15) is 0 Å². The van der Waals surface area contributed by atoms with E-state index in [-0.39, 0.29) is 13.2 Å². The molecule has 0 aliphatic carbocycles. The second-order valence-corrected chi connectivity index (χ2v) is 2.66. The Balaban J connectivity index is 0. The smallest absolute Gasteiger partial charge is 0.0701 e. The molecule has 0 fully saturated rings. The number of hydrogen-bond donors (Lipinski definition) is 2. The van der Waals surface area contributed by atoms with Crippen molar-refractivity contribution in [2.24, 2.45) is 0 Å². The molecule has 0 spiro atoms. The second kappa shape index (κ2) is 20.2. The molecule has 0 unspecified atom stereocenters. The van der Waals surface area contributed by atoms with E-state index in [1.807, 2.05) is 0 Å². The lowest BCUT2D eigenvalue weighted by molar-refractivity contribution is 0.0500. The zero-order valence-corrected chi connectivity index (χ0v) is 10.2. The summed E-state index contributed by atoms with van der Waals surface area (Å²) in [5.74, 6) is 0. The molecule has 6 nitrogen and oxygen atoms in total. The number of ether oxygens (including phenoxy) is 4. The summed E-state index contributed by atoms with van der Waals surface area (Å²) < 4.78 is 19.1. The van der Waals surface area contributed by atoms with E-state index in [2.05, 4.69) is 9.47 Å². The van der Waals surface area contributed by atoms with E-state index in [0.717, 1.165) is 0 Å². The molecule has 0 saturated carbocycles. The fourth-order valence-corrected chi connectivity index (χ4v) is 0.618. The quantitative estimate of drug-likeness (QED) is 0.491. The van der Waals surface area contributed by atoms with Crippen LogP contribution in [-0.4, -0.2) is 77.3 Å². The van der Waals surface area contributed by atoms with E-state index in [4.69, 9.17) is 19.7 Å². The van der Waals surface area contributed by atoms with Gasteiger partial charge in [-0.25, -0.2) is 0 Å². The molecule has 6 heteroatoms. The third-order valence-corrected chi connectivity index (χ3v) is 1.33. The van der Waals surface area contributed by atoms with Gasteiger partial charge in [-0.1, -0.05) is 0 Å². The molecule has 0 bridgehead atoms. The van der Waals surface area contributed by atoms with Crippen molar-refractivity contribution < 1.29 is 29.2 Å². The number of aliphatic hydroxyl groups excluding tert-OH is 2. The summed E-state index contributed by atoms with van der Waals surface area (Å²) >= 11 is 0. The monoisotopic (exact) mass is 240 g/mol. The van der Waals surface area contributed by atoms with Gasteiger partial charge >= 0.3 is 0 Å². The predicted molar refractivity (Wildman–Crippen MR) is 59.6 cm³/mol. The van der Waals surface area contributed by atoms with Crippen molar-refractivity contribution in [3.63, 3.8) is 0 Å². The standard InChI is InChI=1S/2C5H12O3/c2*1-7-4-5-8-3-2-6/h2*6H,2-5H2,1H3. The largest absolute Gasteiger partial charge is 0.394 e. The van der Waals surface area contributed by atoms with E-state index in [0.29, 0.717) is 39.6 Å². The van der Waals surface area contributed by atoms with E-state index in [1.165, 1.54) is 0 Å². The lowest BCUT2D eigenvalue weighted by Gasteiger charge is -1.98. The predicted octanol–water partition coefficient (Wildman–Crippen LogP) is -0.717. The molecule has 0 aromatic carbocycles. The fraction of sp³-hybridized carbons (Fsp3) is 1.00. The molecule has 0 radical (unpaired) electrons. The van der Waals surface area contributed by atoms with Crippen LogP contribution in [0.4, 0.5) is 0 Å². The number of aliphatic hydroxyl groups is 2. The molecule has 0 atom stereocenters. The Morgan fingerprint density at radius 1 is 0.625 bits per heavy atom. The third-order valence-electron chi connectivity index (χ3n) is 1.33. The topological polar surface area (TPSA) is 77.4 Å².